The van der Waals surface area contributed by atoms with Crippen molar-refractivity contribution in [2.45, 2.75) is 45.1 Å². The largest absolute Gasteiger partial charge is 0.376 e. The van der Waals surface area contributed by atoms with Crippen LogP contribution >= 0.6 is 0 Å². The van der Waals surface area contributed by atoms with E-state index in [1.54, 1.807) is 13.8 Å². The van der Waals surface area contributed by atoms with Crippen LogP contribution < -0.4 is 4.72 Å². The lowest BCUT2D eigenvalue weighted by molar-refractivity contribution is -0.171. The summed E-state index contributed by atoms with van der Waals surface area (Å²) in [6, 6.07) is 1.94. The Morgan fingerprint density at radius 1 is 1.13 bits per heavy atom. The number of ether oxygens (including phenoxy) is 2. The molecule has 1 amide bonds. The fraction of sp³-hybridized carbons (Fsp3) is 0.562. The van der Waals surface area contributed by atoms with Gasteiger partial charge in [-0.05, 0) is 56.9 Å². The van der Waals surface area contributed by atoms with Crippen LogP contribution in [0.5, 0.6) is 0 Å². The van der Waals surface area contributed by atoms with E-state index in [-0.39, 0.29) is 18.1 Å². The molecule has 1 atom stereocenters. The van der Waals surface area contributed by atoms with E-state index in [2.05, 4.69) is 4.72 Å². The van der Waals surface area contributed by atoms with Crippen LogP contribution in [0.1, 0.15) is 29.2 Å². The lowest BCUT2D eigenvalue weighted by atomic mass is 10.0. The fourth-order valence-corrected chi connectivity index (χ4v) is 4.32. The highest BCUT2D eigenvalue weighted by molar-refractivity contribution is 7.90. The van der Waals surface area contributed by atoms with Gasteiger partial charge in [0.1, 0.15) is 0 Å². The van der Waals surface area contributed by atoms with Gasteiger partial charge in [0.05, 0.1) is 24.7 Å². The average molecular weight is 341 g/mol. The Hall–Kier alpha value is -1.44. The lowest BCUT2D eigenvalue weighted by Crippen LogP contribution is -2.54. The zero-order valence-electron chi connectivity index (χ0n) is 14.1. The Kier molecular flexibility index (Phi) is 4.84. The van der Waals surface area contributed by atoms with Crippen molar-refractivity contribution < 1.29 is 22.7 Å². The first-order valence-corrected chi connectivity index (χ1v) is 8.93. The number of carbonyl (C=O) groups is 1. The van der Waals surface area contributed by atoms with Crippen LogP contribution in [0.25, 0.3) is 0 Å². The standard InChI is InChI=1S/C16H23NO5S/c1-10-8-11(2)13(4)14(12(10)3)23(19,20)17-15(18)16(5)9-21-6-7-22-16/h8H,6-7,9H2,1-5H3,(H,17,18). The maximum atomic E-state index is 12.7. The van der Waals surface area contributed by atoms with Crippen molar-refractivity contribution in [3.8, 4) is 0 Å². The zero-order chi connectivity index (χ0) is 17.4. The number of benzene rings is 1. The summed E-state index contributed by atoms with van der Waals surface area (Å²) >= 11 is 0. The van der Waals surface area contributed by atoms with Crippen LogP contribution in [0.4, 0.5) is 0 Å². The summed E-state index contributed by atoms with van der Waals surface area (Å²) in [7, 11) is -3.99. The van der Waals surface area contributed by atoms with Gasteiger partial charge in [-0.3, -0.25) is 4.79 Å². The predicted molar refractivity (Wildman–Crippen MR) is 85.9 cm³/mol. The summed E-state index contributed by atoms with van der Waals surface area (Å²) in [4.78, 5) is 12.6. The van der Waals surface area contributed by atoms with E-state index in [9.17, 15) is 13.2 Å². The van der Waals surface area contributed by atoms with Crippen molar-refractivity contribution in [2.24, 2.45) is 0 Å². The molecule has 1 heterocycles. The third-order valence-corrected chi connectivity index (χ3v) is 5.90. The van der Waals surface area contributed by atoms with Gasteiger partial charge in [0, 0.05) is 0 Å². The van der Waals surface area contributed by atoms with Crippen molar-refractivity contribution in [1.82, 2.24) is 4.72 Å². The van der Waals surface area contributed by atoms with E-state index in [1.165, 1.54) is 6.92 Å². The molecule has 23 heavy (non-hydrogen) atoms. The Morgan fingerprint density at radius 2 is 1.70 bits per heavy atom. The highest BCUT2D eigenvalue weighted by Crippen LogP contribution is 2.26. The summed E-state index contributed by atoms with van der Waals surface area (Å²) in [5, 5.41) is 0. The van der Waals surface area contributed by atoms with Gasteiger partial charge in [0.15, 0.2) is 5.60 Å². The Labute approximate surface area is 137 Å². The Balaban J connectivity index is 2.38. The molecule has 0 radical (unpaired) electrons. The van der Waals surface area contributed by atoms with Gasteiger partial charge >= 0.3 is 0 Å². The summed E-state index contributed by atoms with van der Waals surface area (Å²) < 4.78 is 38.3. The SMILES string of the molecule is Cc1cc(C)c(C)c(S(=O)(=O)NC(=O)C2(C)COCCO2)c1C. The van der Waals surface area contributed by atoms with Gasteiger partial charge in [-0.15, -0.1) is 0 Å². The van der Waals surface area contributed by atoms with E-state index in [4.69, 9.17) is 9.47 Å². The first-order chi connectivity index (χ1) is 10.6. The van der Waals surface area contributed by atoms with Crippen LogP contribution in [0.3, 0.4) is 0 Å². The molecule has 2 rings (SSSR count). The van der Waals surface area contributed by atoms with Gasteiger partial charge in [0.2, 0.25) is 0 Å². The van der Waals surface area contributed by atoms with Crippen molar-refractivity contribution in [1.29, 1.82) is 0 Å². The molecule has 0 saturated carbocycles. The van der Waals surface area contributed by atoms with Crippen LogP contribution in [-0.2, 0) is 24.3 Å². The number of amides is 1. The number of rotatable bonds is 3. The fourth-order valence-electron chi connectivity index (χ4n) is 2.63. The predicted octanol–water partition coefficient (Wildman–Crippen LogP) is 1.53. The Bertz CT molecular complexity index is 707. The molecule has 0 aliphatic carbocycles. The molecular weight excluding hydrogens is 318 g/mol. The lowest BCUT2D eigenvalue weighted by Gasteiger charge is -2.32. The molecule has 1 aliphatic heterocycles. The highest BCUT2D eigenvalue weighted by atomic mass is 32.2. The molecule has 1 N–H and O–H groups in total. The quantitative estimate of drug-likeness (QED) is 0.902. The second-order valence-corrected chi connectivity index (χ2v) is 7.78. The van der Waals surface area contributed by atoms with Crippen molar-refractivity contribution >= 4 is 15.9 Å². The van der Waals surface area contributed by atoms with Crippen LogP contribution in [0.15, 0.2) is 11.0 Å². The smallest absolute Gasteiger partial charge is 0.268 e. The molecule has 7 heteroatoms. The van der Waals surface area contributed by atoms with Crippen molar-refractivity contribution in [3.05, 3.63) is 28.3 Å². The van der Waals surface area contributed by atoms with Gasteiger partial charge in [-0.2, -0.15) is 0 Å². The number of sulfonamides is 1. The summed E-state index contributed by atoms with van der Waals surface area (Å²) in [6.07, 6.45) is 0. The average Bonchev–Trinajstić information content (AvgIpc) is 2.45. The molecule has 1 unspecified atom stereocenters. The molecule has 1 fully saturated rings. The molecular formula is C16H23NO5S. The minimum absolute atomic E-state index is 0.0269. The molecule has 6 nitrogen and oxygen atoms in total. The zero-order valence-corrected chi connectivity index (χ0v) is 15.0. The van der Waals surface area contributed by atoms with E-state index in [0.717, 1.165) is 11.1 Å². The molecule has 128 valence electrons. The highest BCUT2D eigenvalue weighted by Gasteiger charge is 2.40. The first kappa shape index (κ1) is 17.9. The molecule has 1 aromatic rings. The van der Waals surface area contributed by atoms with E-state index >= 15 is 0 Å². The molecule has 1 saturated heterocycles. The second kappa shape index (κ2) is 6.22. The van der Waals surface area contributed by atoms with Gasteiger partial charge < -0.3 is 9.47 Å². The first-order valence-electron chi connectivity index (χ1n) is 7.45. The number of carbonyl (C=O) groups excluding carboxylic acids is 1. The number of aryl methyl sites for hydroxylation is 2. The number of hydrogen-bond acceptors (Lipinski definition) is 5. The normalized spacial score (nSPS) is 22.0. The molecule has 1 aromatic carbocycles. The van der Waals surface area contributed by atoms with Crippen LogP contribution in [0.2, 0.25) is 0 Å². The minimum Gasteiger partial charge on any atom is -0.376 e. The van der Waals surface area contributed by atoms with Crippen LogP contribution in [0, 0.1) is 27.7 Å². The molecule has 0 bridgehead atoms. The van der Waals surface area contributed by atoms with E-state index in [0.29, 0.717) is 17.7 Å². The molecule has 0 aromatic heterocycles. The molecule has 0 spiro atoms. The van der Waals surface area contributed by atoms with E-state index < -0.39 is 21.5 Å². The third-order valence-electron chi connectivity index (χ3n) is 4.30. The monoisotopic (exact) mass is 341 g/mol. The van der Waals surface area contributed by atoms with Gasteiger partial charge in [-0.1, -0.05) is 6.07 Å². The van der Waals surface area contributed by atoms with Crippen LogP contribution in [-0.4, -0.2) is 39.7 Å². The third kappa shape index (κ3) is 3.41. The summed E-state index contributed by atoms with van der Waals surface area (Å²) in [5.41, 5.74) is 1.71. The second-order valence-electron chi connectivity index (χ2n) is 6.16. The molecule has 1 aliphatic rings. The van der Waals surface area contributed by atoms with Gasteiger partial charge in [0.25, 0.3) is 15.9 Å². The summed E-state index contributed by atoms with van der Waals surface area (Å²) in [6.45, 7) is 9.38. The Morgan fingerprint density at radius 3 is 2.17 bits per heavy atom. The maximum absolute atomic E-state index is 12.7. The van der Waals surface area contributed by atoms with Crippen molar-refractivity contribution in [3.63, 3.8) is 0 Å². The van der Waals surface area contributed by atoms with E-state index in [1.807, 2.05) is 19.9 Å². The minimum atomic E-state index is -3.99. The summed E-state index contributed by atoms with van der Waals surface area (Å²) in [5.74, 6) is -0.713. The topological polar surface area (TPSA) is 81.7 Å². The van der Waals surface area contributed by atoms with Crippen molar-refractivity contribution in [2.75, 3.05) is 19.8 Å². The maximum Gasteiger partial charge on any atom is 0.268 e. The van der Waals surface area contributed by atoms with Gasteiger partial charge in [-0.25, -0.2) is 13.1 Å². The number of nitrogens with one attached hydrogen (secondary N) is 1. The number of hydrogen-bond donors (Lipinski definition) is 1.